The van der Waals surface area contributed by atoms with Crippen LogP contribution in [-0.2, 0) is 17.8 Å². The van der Waals surface area contributed by atoms with Gasteiger partial charge in [0.2, 0.25) is 17.6 Å². The van der Waals surface area contributed by atoms with Crippen LogP contribution in [-0.4, -0.2) is 16.0 Å². The van der Waals surface area contributed by atoms with Crippen LogP contribution in [0.5, 0.6) is 0 Å². The topological polar surface area (TPSA) is 68.0 Å². The summed E-state index contributed by atoms with van der Waals surface area (Å²) in [5.41, 5.74) is 2.80. The van der Waals surface area contributed by atoms with Gasteiger partial charge in [0.05, 0.1) is 0 Å². The maximum atomic E-state index is 12.0. The average Bonchev–Trinajstić information content (AvgIpc) is 3.08. The van der Waals surface area contributed by atoms with Crippen LogP contribution in [0.25, 0.3) is 11.4 Å². The smallest absolute Gasteiger partial charge is 0.227 e. The van der Waals surface area contributed by atoms with Crippen LogP contribution in [0.3, 0.4) is 0 Å². The van der Waals surface area contributed by atoms with Crippen molar-refractivity contribution in [2.45, 2.75) is 26.3 Å². The maximum absolute atomic E-state index is 12.0. The van der Waals surface area contributed by atoms with E-state index in [1.807, 2.05) is 31.2 Å². The van der Waals surface area contributed by atoms with E-state index in [9.17, 15) is 4.79 Å². The number of benzene rings is 2. The molecule has 1 amide bonds. The molecule has 1 heterocycles. The highest BCUT2D eigenvalue weighted by molar-refractivity contribution is 6.35. The summed E-state index contributed by atoms with van der Waals surface area (Å²) in [7, 11) is 0. The Balaban J connectivity index is 1.53. The fourth-order valence-electron chi connectivity index (χ4n) is 2.46. The molecule has 0 aliphatic rings. The quantitative estimate of drug-likeness (QED) is 0.668. The van der Waals surface area contributed by atoms with Crippen LogP contribution >= 0.6 is 23.2 Å². The number of rotatable bonds is 6. The lowest BCUT2D eigenvalue weighted by Gasteiger charge is -2.06. The molecule has 3 rings (SSSR count). The summed E-state index contributed by atoms with van der Waals surface area (Å²) in [5.74, 6) is 0.848. The number of carbonyl (C=O) groups excluding carboxylic acids is 1. The second kappa shape index (κ2) is 8.34. The first kappa shape index (κ1) is 18.4. The summed E-state index contributed by atoms with van der Waals surface area (Å²) >= 11 is 11.9. The molecule has 1 N–H and O–H groups in total. The van der Waals surface area contributed by atoms with E-state index >= 15 is 0 Å². The molecule has 0 saturated carbocycles. The van der Waals surface area contributed by atoms with Crippen molar-refractivity contribution in [2.24, 2.45) is 0 Å². The SMILES string of the molecule is Cc1ccccc1-c1noc(CCC(=O)NCc2ccc(Cl)cc2Cl)n1. The van der Waals surface area contributed by atoms with E-state index in [0.29, 0.717) is 34.7 Å². The van der Waals surface area contributed by atoms with Crippen molar-refractivity contribution in [3.8, 4) is 11.4 Å². The lowest BCUT2D eigenvalue weighted by atomic mass is 10.1. The molecule has 0 saturated heterocycles. The van der Waals surface area contributed by atoms with Crippen molar-refractivity contribution in [2.75, 3.05) is 0 Å². The molecule has 0 spiro atoms. The van der Waals surface area contributed by atoms with E-state index < -0.39 is 0 Å². The van der Waals surface area contributed by atoms with Crippen molar-refractivity contribution in [3.05, 3.63) is 69.5 Å². The summed E-state index contributed by atoms with van der Waals surface area (Å²) in [4.78, 5) is 16.4. The molecular weight excluding hydrogens is 373 g/mol. The van der Waals surface area contributed by atoms with E-state index in [4.69, 9.17) is 27.7 Å². The molecule has 0 bridgehead atoms. The predicted octanol–water partition coefficient (Wildman–Crippen LogP) is 4.60. The van der Waals surface area contributed by atoms with Crippen LogP contribution in [0, 0.1) is 6.92 Å². The number of hydrogen-bond acceptors (Lipinski definition) is 4. The fraction of sp³-hybridized carbons (Fsp3) is 0.211. The van der Waals surface area contributed by atoms with Gasteiger partial charge in [-0.2, -0.15) is 4.98 Å². The van der Waals surface area contributed by atoms with Crippen LogP contribution in [0.2, 0.25) is 10.0 Å². The Morgan fingerprint density at radius 2 is 2.00 bits per heavy atom. The van der Waals surface area contributed by atoms with Gasteiger partial charge in [0.25, 0.3) is 0 Å². The molecule has 0 fully saturated rings. The number of halogens is 2. The van der Waals surface area contributed by atoms with E-state index in [1.165, 1.54) is 0 Å². The monoisotopic (exact) mass is 389 g/mol. The van der Waals surface area contributed by atoms with Gasteiger partial charge in [-0.15, -0.1) is 0 Å². The molecule has 5 nitrogen and oxygen atoms in total. The second-order valence-corrected chi connectivity index (χ2v) is 6.68. The third-order valence-corrected chi connectivity index (χ3v) is 4.50. The van der Waals surface area contributed by atoms with Crippen molar-refractivity contribution < 1.29 is 9.32 Å². The van der Waals surface area contributed by atoms with Gasteiger partial charge in [0.15, 0.2) is 0 Å². The van der Waals surface area contributed by atoms with E-state index in [2.05, 4.69) is 15.5 Å². The number of carbonyl (C=O) groups is 1. The van der Waals surface area contributed by atoms with Crippen molar-refractivity contribution in [1.82, 2.24) is 15.5 Å². The third kappa shape index (κ3) is 4.62. The van der Waals surface area contributed by atoms with Gasteiger partial charge in [-0.1, -0.05) is 58.7 Å². The first-order valence-corrected chi connectivity index (χ1v) is 8.88. The van der Waals surface area contributed by atoms with Gasteiger partial charge >= 0.3 is 0 Å². The Bertz CT molecular complexity index is 925. The molecule has 1 aromatic heterocycles. The van der Waals surface area contributed by atoms with E-state index in [1.54, 1.807) is 18.2 Å². The molecule has 0 aliphatic carbocycles. The van der Waals surface area contributed by atoms with Crippen LogP contribution < -0.4 is 5.32 Å². The third-order valence-electron chi connectivity index (χ3n) is 3.91. The lowest BCUT2D eigenvalue weighted by Crippen LogP contribution is -2.23. The summed E-state index contributed by atoms with van der Waals surface area (Å²) in [6.45, 7) is 2.33. The summed E-state index contributed by atoms with van der Waals surface area (Å²) in [5, 5.41) is 7.90. The predicted molar refractivity (Wildman–Crippen MR) is 101 cm³/mol. The lowest BCUT2D eigenvalue weighted by molar-refractivity contribution is -0.121. The first-order chi connectivity index (χ1) is 12.5. The standard InChI is InChI=1S/C19H17Cl2N3O2/c1-12-4-2-3-5-15(12)19-23-18(26-24-19)9-8-17(25)22-11-13-6-7-14(20)10-16(13)21/h2-7,10H,8-9,11H2,1H3,(H,22,25). The number of aryl methyl sites for hydroxylation is 2. The van der Waals surface area contributed by atoms with E-state index in [0.717, 1.165) is 16.7 Å². The molecule has 0 aliphatic heterocycles. The van der Waals surface area contributed by atoms with Gasteiger partial charge < -0.3 is 9.84 Å². The van der Waals surface area contributed by atoms with Gasteiger partial charge in [-0.3, -0.25) is 4.79 Å². The zero-order valence-electron chi connectivity index (χ0n) is 14.1. The molecule has 0 radical (unpaired) electrons. The van der Waals surface area contributed by atoms with Gasteiger partial charge in [-0.05, 0) is 30.2 Å². The summed E-state index contributed by atoms with van der Waals surface area (Å²) in [6.07, 6.45) is 0.625. The molecule has 26 heavy (non-hydrogen) atoms. The Labute approximate surface area is 161 Å². The Hall–Kier alpha value is -2.37. The van der Waals surface area contributed by atoms with Crippen molar-refractivity contribution in [1.29, 1.82) is 0 Å². The number of nitrogens with one attached hydrogen (secondary N) is 1. The second-order valence-electron chi connectivity index (χ2n) is 5.84. The first-order valence-electron chi connectivity index (χ1n) is 8.12. The maximum Gasteiger partial charge on any atom is 0.227 e. The molecule has 2 aromatic carbocycles. The Morgan fingerprint density at radius 1 is 1.19 bits per heavy atom. The van der Waals surface area contributed by atoms with Gasteiger partial charge in [0.1, 0.15) is 0 Å². The van der Waals surface area contributed by atoms with Crippen LogP contribution in [0.15, 0.2) is 47.0 Å². The largest absolute Gasteiger partial charge is 0.352 e. The minimum atomic E-state index is -0.119. The molecule has 134 valence electrons. The van der Waals surface area contributed by atoms with E-state index in [-0.39, 0.29) is 12.3 Å². The number of amides is 1. The van der Waals surface area contributed by atoms with Crippen molar-refractivity contribution in [3.63, 3.8) is 0 Å². The molecular formula is C19H17Cl2N3O2. The molecule has 0 unspecified atom stereocenters. The number of nitrogens with zero attached hydrogens (tertiary/aromatic N) is 2. The highest BCUT2D eigenvalue weighted by Crippen LogP contribution is 2.21. The summed E-state index contributed by atoms with van der Waals surface area (Å²) < 4.78 is 5.24. The number of aromatic nitrogens is 2. The normalized spacial score (nSPS) is 10.7. The molecule has 0 atom stereocenters. The minimum Gasteiger partial charge on any atom is -0.352 e. The zero-order chi connectivity index (χ0) is 18.5. The Kier molecular flexibility index (Phi) is 5.91. The fourth-order valence-corrected chi connectivity index (χ4v) is 2.93. The van der Waals surface area contributed by atoms with Gasteiger partial charge in [-0.25, -0.2) is 0 Å². The highest BCUT2D eigenvalue weighted by atomic mass is 35.5. The average molecular weight is 390 g/mol. The van der Waals surface area contributed by atoms with Gasteiger partial charge in [0, 0.05) is 35.0 Å². The van der Waals surface area contributed by atoms with Crippen molar-refractivity contribution >= 4 is 29.1 Å². The highest BCUT2D eigenvalue weighted by Gasteiger charge is 2.12. The van der Waals surface area contributed by atoms with Crippen LogP contribution in [0.4, 0.5) is 0 Å². The Morgan fingerprint density at radius 3 is 2.77 bits per heavy atom. The zero-order valence-corrected chi connectivity index (χ0v) is 15.6. The summed E-state index contributed by atoms with van der Waals surface area (Å²) in [6, 6.07) is 13.0. The molecule has 3 aromatic rings. The number of hydrogen-bond donors (Lipinski definition) is 1. The van der Waals surface area contributed by atoms with Crippen LogP contribution in [0.1, 0.15) is 23.4 Å². The molecule has 7 heteroatoms. The minimum absolute atomic E-state index is 0.119.